The number of anilines is 1. The Morgan fingerprint density at radius 1 is 0.814 bits per heavy atom. The molecule has 43 heavy (non-hydrogen) atoms. The van der Waals surface area contributed by atoms with Crippen LogP contribution in [-0.2, 0) is 32.6 Å². The van der Waals surface area contributed by atoms with Gasteiger partial charge < -0.3 is 10.2 Å². The summed E-state index contributed by atoms with van der Waals surface area (Å²) < 4.78 is 29.2. The van der Waals surface area contributed by atoms with Crippen molar-refractivity contribution in [3.05, 3.63) is 130 Å². The molecule has 224 valence electrons. The van der Waals surface area contributed by atoms with Crippen LogP contribution in [0.1, 0.15) is 29.2 Å². The number of amides is 2. The van der Waals surface area contributed by atoms with Crippen molar-refractivity contribution in [2.45, 2.75) is 44.7 Å². The fourth-order valence-electron chi connectivity index (χ4n) is 4.85. The van der Waals surface area contributed by atoms with E-state index in [2.05, 4.69) is 5.32 Å². The Kier molecular flexibility index (Phi) is 10.6. The van der Waals surface area contributed by atoms with E-state index in [1.54, 1.807) is 30.3 Å². The first-order chi connectivity index (χ1) is 20.6. The number of carbonyl (C=O) groups excluding carboxylic acids is 2. The van der Waals surface area contributed by atoms with E-state index in [0.717, 1.165) is 26.6 Å². The van der Waals surface area contributed by atoms with Crippen molar-refractivity contribution in [1.82, 2.24) is 10.2 Å². The number of benzene rings is 4. The second kappa shape index (κ2) is 14.4. The van der Waals surface area contributed by atoms with Crippen LogP contribution in [0.25, 0.3) is 0 Å². The van der Waals surface area contributed by atoms with Gasteiger partial charge in [-0.05, 0) is 62.2 Å². The van der Waals surface area contributed by atoms with Gasteiger partial charge >= 0.3 is 0 Å². The van der Waals surface area contributed by atoms with Gasteiger partial charge in [-0.2, -0.15) is 0 Å². The molecule has 0 bridgehead atoms. The van der Waals surface area contributed by atoms with Crippen LogP contribution in [-0.4, -0.2) is 44.3 Å². The van der Waals surface area contributed by atoms with E-state index in [9.17, 15) is 18.0 Å². The lowest BCUT2D eigenvalue weighted by Crippen LogP contribution is -2.53. The summed E-state index contributed by atoms with van der Waals surface area (Å²) in [6.45, 7) is 5.60. The molecule has 1 atom stereocenters. The fourth-order valence-corrected chi connectivity index (χ4v) is 6.44. The molecule has 4 aromatic rings. The van der Waals surface area contributed by atoms with Crippen LogP contribution >= 0.6 is 11.6 Å². The third-order valence-electron chi connectivity index (χ3n) is 7.04. The molecule has 0 radical (unpaired) electrons. The summed E-state index contributed by atoms with van der Waals surface area (Å²) in [5.74, 6) is -0.840. The van der Waals surface area contributed by atoms with Crippen LogP contribution in [0.4, 0.5) is 5.69 Å². The molecule has 0 aliphatic carbocycles. The maximum atomic E-state index is 14.4. The number of carbonyl (C=O) groups is 2. The molecule has 7 nitrogen and oxygen atoms in total. The normalized spacial score (nSPS) is 11.9. The zero-order valence-electron chi connectivity index (χ0n) is 24.5. The van der Waals surface area contributed by atoms with Gasteiger partial charge in [0.2, 0.25) is 11.8 Å². The maximum Gasteiger partial charge on any atom is 0.264 e. The highest BCUT2D eigenvalue weighted by Gasteiger charge is 2.34. The predicted octanol–water partition coefficient (Wildman–Crippen LogP) is 5.93. The minimum absolute atomic E-state index is 0.0423. The van der Waals surface area contributed by atoms with Gasteiger partial charge in [0.05, 0.1) is 10.6 Å². The molecule has 0 heterocycles. The highest BCUT2D eigenvalue weighted by Crippen LogP contribution is 2.27. The van der Waals surface area contributed by atoms with Crippen LogP contribution in [0.15, 0.2) is 108 Å². The molecule has 0 fully saturated rings. The number of rotatable bonds is 12. The quantitative estimate of drug-likeness (QED) is 0.214. The molecular weight excluding hydrogens is 582 g/mol. The SMILES string of the molecule is CCNC(=O)[C@H](Cc1ccccc1)N(Cc1cccc(C)c1)C(=O)CN(c1cccc(Cl)c1)S(=O)(=O)c1ccc(C)cc1. The van der Waals surface area contributed by atoms with Gasteiger partial charge in [0.25, 0.3) is 10.0 Å². The van der Waals surface area contributed by atoms with Gasteiger partial charge in [-0.3, -0.25) is 13.9 Å². The second-order valence-electron chi connectivity index (χ2n) is 10.4. The lowest BCUT2D eigenvalue weighted by molar-refractivity contribution is -0.140. The number of hydrogen-bond acceptors (Lipinski definition) is 4. The van der Waals surface area contributed by atoms with Crippen LogP contribution < -0.4 is 9.62 Å². The Bertz CT molecular complexity index is 1660. The van der Waals surface area contributed by atoms with Crippen molar-refractivity contribution in [2.75, 3.05) is 17.4 Å². The van der Waals surface area contributed by atoms with E-state index in [1.807, 2.05) is 75.4 Å². The van der Waals surface area contributed by atoms with E-state index >= 15 is 0 Å². The molecule has 4 rings (SSSR count). The summed E-state index contributed by atoms with van der Waals surface area (Å²) in [5, 5.41) is 3.20. The average Bonchev–Trinajstić information content (AvgIpc) is 2.98. The Labute approximate surface area is 259 Å². The smallest absolute Gasteiger partial charge is 0.264 e. The van der Waals surface area contributed by atoms with Crippen molar-refractivity contribution < 1.29 is 18.0 Å². The van der Waals surface area contributed by atoms with Crippen LogP contribution in [0.3, 0.4) is 0 Å². The van der Waals surface area contributed by atoms with Crippen molar-refractivity contribution in [1.29, 1.82) is 0 Å². The largest absolute Gasteiger partial charge is 0.355 e. The number of nitrogens with one attached hydrogen (secondary N) is 1. The predicted molar refractivity (Wildman–Crippen MR) is 172 cm³/mol. The highest BCUT2D eigenvalue weighted by atomic mass is 35.5. The van der Waals surface area contributed by atoms with Gasteiger partial charge in [0.1, 0.15) is 12.6 Å². The van der Waals surface area contributed by atoms with Crippen molar-refractivity contribution in [2.24, 2.45) is 0 Å². The highest BCUT2D eigenvalue weighted by molar-refractivity contribution is 7.92. The van der Waals surface area contributed by atoms with Gasteiger partial charge in [-0.15, -0.1) is 0 Å². The monoisotopic (exact) mass is 617 g/mol. The number of aryl methyl sites for hydroxylation is 2. The van der Waals surface area contributed by atoms with E-state index < -0.39 is 28.5 Å². The minimum atomic E-state index is -4.18. The summed E-state index contributed by atoms with van der Waals surface area (Å²) in [5.41, 5.74) is 3.85. The van der Waals surface area contributed by atoms with Crippen molar-refractivity contribution >= 4 is 39.1 Å². The van der Waals surface area contributed by atoms with Crippen LogP contribution in [0, 0.1) is 13.8 Å². The van der Waals surface area contributed by atoms with E-state index in [0.29, 0.717) is 11.6 Å². The van der Waals surface area contributed by atoms with Gasteiger partial charge in [-0.1, -0.05) is 95.5 Å². The topological polar surface area (TPSA) is 86.8 Å². The lowest BCUT2D eigenvalue weighted by atomic mass is 10.0. The third-order valence-corrected chi connectivity index (χ3v) is 9.06. The number of halogens is 1. The molecular formula is C34H36ClN3O4S. The summed E-state index contributed by atoms with van der Waals surface area (Å²) in [6, 6.07) is 29.1. The number of hydrogen-bond donors (Lipinski definition) is 1. The molecule has 0 saturated carbocycles. The number of nitrogens with zero attached hydrogens (tertiary/aromatic N) is 2. The molecule has 0 aromatic heterocycles. The van der Waals surface area contributed by atoms with E-state index in [-0.39, 0.29) is 29.5 Å². The Morgan fingerprint density at radius 3 is 2.14 bits per heavy atom. The number of sulfonamides is 1. The molecule has 0 aliphatic heterocycles. The molecule has 0 saturated heterocycles. The molecule has 9 heteroatoms. The first-order valence-corrected chi connectivity index (χ1v) is 15.9. The summed E-state index contributed by atoms with van der Waals surface area (Å²) in [7, 11) is -4.18. The first kappa shape index (κ1) is 31.8. The molecule has 4 aromatic carbocycles. The Balaban J connectivity index is 1.80. The number of likely N-dealkylation sites (N-methyl/N-ethyl adjacent to an activating group) is 1. The van der Waals surface area contributed by atoms with Crippen molar-refractivity contribution in [3.8, 4) is 0 Å². The average molecular weight is 618 g/mol. The van der Waals surface area contributed by atoms with Crippen molar-refractivity contribution in [3.63, 3.8) is 0 Å². The molecule has 1 N–H and O–H groups in total. The van der Waals surface area contributed by atoms with Crippen LogP contribution in [0.2, 0.25) is 5.02 Å². The fraction of sp³-hybridized carbons (Fsp3) is 0.235. The zero-order chi connectivity index (χ0) is 31.0. The van der Waals surface area contributed by atoms with Gasteiger partial charge in [-0.25, -0.2) is 8.42 Å². The van der Waals surface area contributed by atoms with Gasteiger partial charge in [0, 0.05) is 24.5 Å². The minimum Gasteiger partial charge on any atom is -0.355 e. The molecule has 0 unspecified atom stereocenters. The summed E-state index contributed by atoms with van der Waals surface area (Å²) in [6.07, 6.45) is 0.256. The molecule has 0 spiro atoms. The zero-order valence-corrected chi connectivity index (χ0v) is 26.1. The molecule has 2 amide bonds. The summed E-state index contributed by atoms with van der Waals surface area (Å²) >= 11 is 6.27. The van der Waals surface area contributed by atoms with Crippen LogP contribution in [0.5, 0.6) is 0 Å². The summed E-state index contributed by atoms with van der Waals surface area (Å²) in [4.78, 5) is 29.5. The Hall–Kier alpha value is -4.14. The molecule has 0 aliphatic rings. The van der Waals surface area contributed by atoms with E-state index in [1.165, 1.54) is 23.1 Å². The van der Waals surface area contributed by atoms with E-state index in [4.69, 9.17) is 11.6 Å². The maximum absolute atomic E-state index is 14.4. The standard InChI is InChI=1S/C34H36ClN3O4S/c1-4-36-34(40)32(21-27-11-6-5-7-12-27)37(23-28-13-8-10-26(3)20-28)33(39)24-38(30-15-9-14-29(35)22-30)43(41,42)31-18-16-25(2)17-19-31/h5-20,22,32H,4,21,23-24H2,1-3H3,(H,36,40)/t32-/m0/s1. The second-order valence-corrected chi connectivity index (χ2v) is 12.7. The third kappa shape index (κ3) is 8.24. The van der Waals surface area contributed by atoms with Gasteiger partial charge in [0.15, 0.2) is 0 Å². The Morgan fingerprint density at radius 2 is 1.49 bits per heavy atom. The first-order valence-electron chi connectivity index (χ1n) is 14.1. The lowest BCUT2D eigenvalue weighted by Gasteiger charge is -2.34.